The zero-order valence-corrected chi connectivity index (χ0v) is 12.0. The highest BCUT2D eigenvalue weighted by molar-refractivity contribution is 6.01. The Balaban J connectivity index is 0.00000147. The second-order valence-electron chi connectivity index (χ2n) is 5.23. The predicted molar refractivity (Wildman–Crippen MR) is 80.2 cm³/mol. The quantitative estimate of drug-likeness (QED) is 0.906. The van der Waals surface area contributed by atoms with Crippen LogP contribution in [-0.4, -0.2) is 27.6 Å². The van der Waals surface area contributed by atoms with E-state index in [9.17, 15) is 4.79 Å². The fourth-order valence-electron chi connectivity index (χ4n) is 2.85. The number of fused-ring (bicyclic) bond motifs is 1. The second-order valence-corrected chi connectivity index (χ2v) is 5.23. The van der Waals surface area contributed by atoms with Gasteiger partial charge in [0.25, 0.3) is 5.91 Å². The van der Waals surface area contributed by atoms with Gasteiger partial charge in [0.1, 0.15) is 0 Å². The maximum absolute atomic E-state index is 12.4. The Kier molecular flexibility index (Phi) is 4.30. The lowest BCUT2D eigenvalue weighted by atomic mass is 9.97. The molecule has 0 spiro atoms. The number of hydrogen-bond donors (Lipinski definition) is 2. The van der Waals surface area contributed by atoms with Crippen LogP contribution in [0.4, 0.5) is 0 Å². The highest BCUT2D eigenvalue weighted by Gasteiger charge is 2.34. The Hall–Kier alpha value is -1.59. The molecule has 0 bridgehead atoms. The van der Waals surface area contributed by atoms with E-state index in [-0.39, 0.29) is 23.9 Å². The third kappa shape index (κ3) is 2.51. The van der Waals surface area contributed by atoms with Gasteiger partial charge in [-0.2, -0.15) is 5.10 Å². The van der Waals surface area contributed by atoms with Crippen molar-refractivity contribution < 1.29 is 4.79 Å². The summed E-state index contributed by atoms with van der Waals surface area (Å²) in [4.78, 5) is 12.4. The van der Waals surface area contributed by atoms with E-state index < -0.39 is 0 Å². The number of nitrogens with two attached hydrogens (primary N) is 1. The van der Waals surface area contributed by atoms with Gasteiger partial charge in [-0.1, -0.05) is 18.9 Å². The normalized spacial score (nSPS) is 16.9. The molecule has 0 radical (unpaired) electrons. The Morgan fingerprint density at radius 3 is 2.85 bits per heavy atom. The second kappa shape index (κ2) is 5.81. The van der Waals surface area contributed by atoms with Crippen molar-refractivity contribution in [2.75, 3.05) is 6.54 Å². The molecule has 0 aromatic carbocycles. The molecule has 1 saturated carbocycles. The maximum atomic E-state index is 12.4. The molecule has 6 heteroatoms. The number of nitrogens with one attached hydrogen (secondary N) is 1. The molecule has 5 nitrogen and oxygen atoms in total. The number of nitrogens with zero attached hydrogens (tertiary/aromatic N) is 2. The molecule has 1 aliphatic rings. The molecule has 2 aromatic heterocycles. The van der Waals surface area contributed by atoms with Crippen LogP contribution in [0.15, 0.2) is 30.6 Å². The summed E-state index contributed by atoms with van der Waals surface area (Å²) in [5.41, 5.74) is 7.06. The number of carbonyl (C=O) groups is 1. The third-order valence-electron chi connectivity index (χ3n) is 4.00. The minimum atomic E-state index is -0.222. The molecular formula is C14H19ClN4O. The molecule has 0 aliphatic heterocycles. The number of aromatic nitrogens is 2. The Morgan fingerprint density at radius 1 is 1.40 bits per heavy atom. The SMILES string of the molecule is Cl.NCC1(NC(=O)c2cnn3ccccc23)CCCC1. The average Bonchev–Trinajstić information content (AvgIpc) is 3.05. The lowest BCUT2D eigenvalue weighted by molar-refractivity contribution is 0.0905. The largest absolute Gasteiger partial charge is 0.345 e. The number of carbonyl (C=O) groups excluding carboxylic acids is 1. The third-order valence-corrected chi connectivity index (χ3v) is 4.00. The van der Waals surface area contributed by atoms with Gasteiger partial charge in [-0.3, -0.25) is 4.79 Å². The van der Waals surface area contributed by atoms with Gasteiger partial charge in [0, 0.05) is 12.7 Å². The summed E-state index contributed by atoms with van der Waals surface area (Å²) in [6, 6.07) is 5.69. The molecule has 0 atom stereocenters. The molecule has 3 rings (SSSR count). The molecule has 1 amide bonds. The Morgan fingerprint density at radius 2 is 2.15 bits per heavy atom. The van der Waals surface area contributed by atoms with Gasteiger partial charge in [0.2, 0.25) is 0 Å². The van der Waals surface area contributed by atoms with Crippen molar-refractivity contribution in [1.29, 1.82) is 0 Å². The van der Waals surface area contributed by atoms with E-state index in [0.717, 1.165) is 31.2 Å². The van der Waals surface area contributed by atoms with Crippen molar-refractivity contribution in [1.82, 2.24) is 14.9 Å². The molecule has 2 heterocycles. The minimum absolute atomic E-state index is 0. The van der Waals surface area contributed by atoms with E-state index in [4.69, 9.17) is 5.73 Å². The topological polar surface area (TPSA) is 72.4 Å². The van der Waals surface area contributed by atoms with E-state index >= 15 is 0 Å². The van der Waals surface area contributed by atoms with Crippen LogP contribution >= 0.6 is 12.4 Å². The van der Waals surface area contributed by atoms with Crippen LogP contribution < -0.4 is 11.1 Å². The number of hydrogen-bond acceptors (Lipinski definition) is 3. The van der Waals surface area contributed by atoms with Gasteiger partial charge in [0.05, 0.1) is 22.8 Å². The van der Waals surface area contributed by atoms with Crippen LogP contribution in [0, 0.1) is 0 Å². The molecule has 0 unspecified atom stereocenters. The summed E-state index contributed by atoms with van der Waals surface area (Å²) in [6.07, 6.45) is 7.64. The summed E-state index contributed by atoms with van der Waals surface area (Å²) in [5.74, 6) is -0.0754. The fourth-order valence-corrected chi connectivity index (χ4v) is 2.85. The van der Waals surface area contributed by atoms with E-state index in [1.54, 1.807) is 10.7 Å². The number of halogens is 1. The number of rotatable bonds is 3. The fraction of sp³-hybridized carbons (Fsp3) is 0.429. The molecular weight excluding hydrogens is 276 g/mol. The standard InChI is InChI=1S/C14H18N4O.ClH/c15-10-14(6-2-3-7-14)17-13(19)11-9-16-18-8-4-1-5-12(11)18;/h1,4-5,8-9H,2-3,6-7,10,15H2,(H,17,19);1H. The van der Waals surface area contributed by atoms with Crippen LogP contribution in [0.5, 0.6) is 0 Å². The van der Waals surface area contributed by atoms with Crippen LogP contribution in [0.2, 0.25) is 0 Å². The van der Waals surface area contributed by atoms with Crippen molar-refractivity contribution in [3.8, 4) is 0 Å². The van der Waals surface area contributed by atoms with E-state index in [0.29, 0.717) is 12.1 Å². The molecule has 20 heavy (non-hydrogen) atoms. The summed E-state index contributed by atoms with van der Waals surface area (Å²) in [5, 5.41) is 7.31. The Labute approximate surface area is 123 Å². The lowest BCUT2D eigenvalue weighted by Gasteiger charge is -2.28. The highest BCUT2D eigenvalue weighted by Crippen LogP contribution is 2.29. The summed E-state index contributed by atoms with van der Waals surface area (Å²) in [6.45, 7) is 0.498. The average molecular weight is 295 g/mol. The van der Waals surface area contributed by atoms with E-state index in [1.165, 1.54) is 0 Å². The van der Waals surface area contributed by atoms with Crippen molar-refractivity contribution in [3.05, 3.63) is 36.2 Å². The Bertz CT molecular complexity index is 604. The zero-order chi connectivity index (χ0) is 13.3. The molecule has 2 aromatic rings. The van der Waals surface area contributed by atoms with Crippen molar-refractivity contribution in [2.24, 2.45) is 5.73 Å². The van der Waals surface area contributed by atoms with Crippen LogP contribution in [0.3, 0.4) is 0 Å². The summed E-state index contributed by atoms with van der Waals surface area (Å²) < 4.78 is 1.71. The predicted octanol–water partition coefficient (Wildman–Crippen LogP) is 1.76. The van der Waals surface area contributed by atoms with E-state index in [1.807, 2.05) is 24.4 Å². The van der Waals surface area contributed by atoms with Gasteiger partial charge >= 0.3 is 0 Å². The number of amides is 1. The highest BCUT2D eigenvalue weighted by atomic mass is 35.5. The molecule has 1 aliphatic carbocycles. The van der Waals surface area contributed by atoms with Gasteiger partial charge in [-0.05, 0) is 25.0 Å². The first-order valence-corrected chi connectivity index (χ1v) is 6.69. The first-order chi connectivity index (χ1) is 9.24. The molecule has 1 fully saturated rings. The smallest absolute Gasteiger partial charge is 0.255 e. The van der Waals surface area contributed by atoms with Crippen molar-refractivity contribution in [2.45, 2.75) is 31.2 Å². The van der Waals surface area contributed by atoms with Gasteiger partial charge in [0.15, 0.2) is 0 Å². The van der Waals surface area contributed by atoms with Crippen LogP contribution in [0.25, 0.3) is 5.52 Å². The monoisotopic (exact) mass is 294 g/mol. The van der Waals surface area contributed by atoms with E-state index in [2.05, 4.69) is 10.4 Å². The van der Waals surface area contributed by atoms with Crippen LogP contribution in [0.1, 0.15) is 36.0 Å². The van der Waals surface area contributed by atoms with Gasteiger partial charge < -0.3 is 11.1 Å². The summed E-state index contributed by atoms with van der Waals surface area (Å²) in [7, 11) is 0. The van der Waals surface area contributed by atoms with Gasteiger partial charge in [-0.15, -0.1) is 12.4 Å². The number of pyridine rings is 1. The van der Waals surface area contributed by atoms with Crippen molar-refractivity contribution >= 4 is 23.8 Å². The molecule has 3 N–H and O–H groups in total. The molecule has 0 saturated heterocycles. The van der Waals surface area contributed by atoms with Gasteiger partial charge in [-0.25, -0.2) is 4.52 Å². The molecule has 108 valence electrons. The first-order valence-electron chi connectivity index (χ1n) is 6.69. The first kappa shape index (κ1) is 14.8. The maximum Gasteiger partial charge on any atom is 0.255 e. The van der Waals surface area contributed by atoms with Crippen LogP contribution in [-0.2, 0) is 0 Å². The summed E-state index contributed by atoms with van der Waals surface area (Å²) >= 11 is 0. The van der Waals surface area contributed by atoms with Crippen molar-refractivity contribution in [3.63, 3.8) is 0 Å². The minimum Gasteiger partial charge on any atom is -0.345 e. The zero-order valence-electron chi connectivity index (χ0n) is 11.2. The lowest BCUT2D eigenvalue weighted by Crippen LogP contribution is -2.51.